The first-order valence-corrected chi connectivity index (χ1v) is 16.3. The molecule has 5 heterocycles. The second-order valence-corrected chi connectivity index (χ2v) is 12.9. The first-order chi connectivity index (χ1) is 22.5. The molecule has 6 aromatic rings. The molecule has 1 aliphatic heterocycles. The molecule has 9 nitrogen and oxygen atoms in total. The lowest BCUT2D eigenvalue weighted by Gasteiger charge is -2.20. The molecule has 10 heteroatoms. The summed E-state index contributed by atoms with van der Waals surface area (Å²) in [5.41, 5.74) is 6.97. The number of pyridine rings is 1. The largest absolute Gasteiger partial charge is 0.326 e. The molecule has 4 aromatic heterocycles. The SMILES string of the molecule is CN(C)C1CCN(Cc2cccc(Nc3nccc(-c4c(-c5cccc(NC(=O)Cc6cccs6)c5)nc5ccccn45)n3)c2)C1. The molecule has 1 atom stereocenters. The topological polar surface area (TPSA) is 90.7 Å². The zero-order valence-corrected chi connectivity index (χ0v) is 26.7. The van der Waals surface area contributed by atoms with Gasteiger partial charge in [0, 0.05) is 59.9 Å². The van der Waals surface area contributed by atoms with Crippen molar-refractivity contribution in [2.24, 2.45) is 0 Å². The molecule has 1 amide bonds. The first kappa shape index (κ1) is 29.8. The third-order valence-electron chi connectivity index (χ3n) is 8.33. The molecule has 2 aromatic carbocycles. The Morgan fingerprint density at radius 2 is 1.87 bits per heavy atom. The van der Waals surface area contributed by atoms with Gasteiger partial charge in [-0.25, -0.2) is 15.0 Å². The molecule has 0 bridgehead atoms. The van der Waals surface area contributed by atoms with E-state index in [-0.39, 0.29) is 5.91 Å². The quantitative estimate of drug-likeness (QED) is 0.177. The van der Waals surface area contributed by atoms with Gasteiger partial charge >= 0.3 is 0 Å². The Bertz CT molecular complexity index is 1970. The second kappa shape index (κ2) is 13.2. The fourth-order valence-electron chi connectivity index (χ4n) is 6.03. The van der Waals surface area contributed by atoms with Crippen molar-refractivity contribution in [3.63, 3.8) is 0 Å². The molecule has 232 valence electrons. The van der Waals surface area contributed by atoms with Crippen LogP contribution >= 0.6 is 11.3 Å². The number of aromatic nitrogens is 4. The molecule has 1 unspecified atom stereocenters. The van der Waals surface area contributed by atoms with Crippen LogP contribution in [-0.2, 0) is 17.8 Å². The molecule has 46 heavy (non-hydrogen) atoms. The number of nitrogens with one attached hydrogen (secondary N) is 2. The van der Waals surface area contributed by atoms with Crippen LogP contribution in [-0.4, -0.2) is 68.3 Å². The molecular weight excluding hydrogens is 593 g/mol. The van der Waals surface area contributed by atoms with E-state index in [1.165, 1.54) is 12.0 Å². The van der Waals surface area contributed by atoms with Crippen molar-refractivity contribution in [2.45, 2.75) is 25.4 Å². The number of likely N-dealkylation sites (N-methyl/N-ethyl adjacent to an activating group) is 1. The number of thiophene rings is 1. The van der Waals surface area contributed by atoms with E-state index in [2.05, 4.69) is 57.7 Å². The van der Waals surface area contributed by atoms with Gasteiger partial charge in [-0.1, -0.05) is 36.4 Å². The molecule has 0 radical (unpaired) electrons. The molecule has 1 saturated heterocycles. The van der Waals surface area contributed by atoms with Crippen molar-refractivity contribution < 1.29 is 4.79 Å². The van der Waals surface area contributed by atoms with Crippen LogP contribution in [0.3, 0.4) is 0 Å². The van der Waals surface area contributed by atoms with Gasteiger partial charge in [0.25, 0.3) is 0 Å². The predicted octanol–water partition coefficient (Wildman–Crippen LogP) is 6.58. The summed E-state index contributed by atoms with van der Waals surface area (Å²) in [6.07, 6.45) is 5.31. The zero-order chi connectivity index (χ0) is 31.5. The monoisotopic (exact) mass is 628 g/mol. The highest BCUT2D eigenvalue weighted by Gasteiger charge is 2.24. The normalized spacial score (nSPS) is 15.1. The number of benzene rings is 2. The number of anilines is 3. The highest BCUT2D eigenvalue weighted by Crippen LogP contribution is 2.33. The van der Waals surface area contributed by atoms with E-state index in [0.717, 1.165) is 64.2 Å². The molecule has 1 aliphatic rings. The summed E-state index contributed by atoms with van der Waals surface area (Å²) < 4.78 is 2.04. The van der Waals surface area contributed by atoms with Crippen molar-refractivity contribution in [2.75, 3.05) is 37.8 Å². The number of carbonyl (C=O) groups excluding carboxylic acids is 1. The Balaban J connectivity index is 1.14. The minimum absolute atomic E-state index is 0.0522. The predicted molar refractivity (Wildman–Crippen MR) is 185 cm³/mol. The lowest BCUT2D eigenvalue weighted by atomic mass is 10.1. The number of amides is 1. The Labute approximate surface area is 272 Å². The summed E-state index contributed by atoms with van der Waals surface area (Å²) in [6, 6.07) is 28.7. The molecule has 0 spiro atoms. The summed E-state index contributed by atoms with van der Waals surface area (Å²) in [5, 5.41) is 8.46. The standard InChI is InChI=1S/C36H36N8OS/c1-42(2)29-15-18-43(24-29)23-25-8-5-10-27(20-25)39-36-37-16-14-31(40-36)35-34(41-32-13-3-4-17-44(32)35)26-9-6-11-28(21-26)38-33(45)22-30-12-7-19-46-30/h3-14,16-17,19-21,29H,15,18,22-24H2,1-2H3,(H,38,45)(H,37,39,40). The van der Waals surface area contributed by atoms with Crippen LogP contribution in [0.1, 0.15) is 16.9 Å². The fourth-order valence-corrected chi connectivity index (χ4v) is 6.73. The van der Waals surface area contributed by atoms with Crippen LogP contribution in [0.25, 0.3) is 28.3 Å². The molecule has 7 rings (SSSR count). The number of imidazole rings is 1. The Hall–Kier alpha value is -4.90. The van der Waals surface area contributed by atoms with Crippen molar-refractivity contribution in [3.05, 3.63) is 113 Å². The number of likely N-dealkylation sites (tertiary alicyclic amines) is 1. The number of rotatable bonds is 10. The summed E-state index contributed by atoms with van der Waals surface area (Å²) in [7, 11) is 4.32. The maximum atomic E-state index is 12.7. The average Bonchev–Trinajstić information content (AvgIpc) is 3.82. The lowest BCUT2D eigenvalue weighted by Crippen LogP contribution is -2.31. The zero-order valence-electron chi connectivity index (χ0n) is 25.9. The summed E-state index contributed by atoms with van der Waals surface area (Å²) in [4.78, 5) is 33.1. The van der Waals surface area contributed by atoms with Crippen LogP contribution in [0.15, 0.2) is 103 Å². The molecule has 1 fully saturated rings. The highest BCUT2D eigenvalue weighted by molar-refractivity contribution is 7.10. The van der Waals surface area contributed by atoms with Crippen molar-refractivity contribution >= 4 is 40.2 Å². The van der Waals surface area contributed by atoms with E-state index in [0.29, 0.717) is 18.4 Å². The van der Waals surface area contributed by atoms with Gasteiger partial charge in [0.1, 0.15) is 5.65 Å². The van der Waals surface area contributed by atoms with E-state index in [1.807, 2.05) is 82.7 Å². The Morgan fingerprint density at radius 3 is 2.72 bits per heavy atom. The third-order valence-corrected chi connectivity index (χ3v) is 9.21. The van der Waals surface area contributed by atoms with Crippen LogP contribution in [0.4, 0.5) is 17.3 Å². The lowest BCUT2D eigenvalue weighted by molar-refractivity contribution is -0.115. The van der Waals surface area contributed by atoms with Crippen molar-refractivity contribution in [1.29, 1.82) is 0 Å². The maximum absolute atomic E-state index is 12.7. The highest BCUT2D eigenvalue weighted by atomic mass is 32.1. The van der Waals surface area contributed by atoms with E-state index in [4.69, 9.17) is 9.97 Å². The minimum Gasteiger partial charge on any atom is -0.326 e. The molecule has 2 N–H and O–H groups in total. The van der Waals surface area contributed by atoms with Gasteiger partial charge in [0.05, 0.1) is 23.5 Å². The number of fused-ring (bicyclic) bond motifs is 1. The van der Waals surface area contributed by atoms with Gasteiger partial charge in [-0.05, 0) is 80.0 Å². The number of carbonyl (C=O) groups is 1. The van der Waals surface area contributed by atoms with E-state index in [1.54, 1.807) is 17.5 Å². The van der Waals surface area contributed by atoms with Crippen LogP contribution in [0.5, 0.6) is 0 Å². The Kier molecular flexibility index (Phi) is 8.56. The average molecular weight is 629 g/mol. The molecule has 0 aliphatic carbocycles. The summed E-state index contributed by atoms with van der Waals surface area (Å²) >= 11 is 1.58. The van der Waals surface area contributed by atoms with Crippen LogP contribution in [0, 0.1) is 0 Å². The molecule has 0 saturated carbocycles. The van der Waals surface area contributed by atoms with Gasteiger partial charge in [-0.15, -0.1) is 11.3 Å². The van der Waals surface area contributed by atoms with Crippen LogP contribution < -0.4 is 10.6 Å². The maximum Gasteiger partial charge on any atom is 0.229 e. The van der Waals surface area contributed by atoms with Gasteiger partial charge in [-0.3, -0.25) is 14.1 Å². The van der Waals surface area contributed by atoms with E-state index in [9.17, 15) is 4.79 Å². The third kappa shape index (κ3) is 6.69. The van der Waals surface area contributed by atoms with Gasteiger partial charge in [-0.2, -0.15) is 0 Å². The first-order valence-electron chi connectivity index (χ1n) is 15.5. The number of hydrogen-bond acceptors (Lipinski definition) is 8. The fraction of sp³-hybridized carbons (Fsp3) is 0.222. The Morgan fingerprint density at radius 1 is 0.978 bits per heavy atom. The van der Waals surface area contributed by atoms with Gasteiger partial charge < -0.3 is 15.5 Å². The summed E-state index contributed by atoms with van der Waals surface area (Å²) in [5.74, 6) is 0.457. The van der Waals surface area contributed by atoms with Gasteiger partial charge in [0.15, 0.2) is 0 Å². The number of nitrogens with zero attached hydrogens (tertiary/aromatic N) is 6. The van der Waals surface area contributed by atoms with Crippen LogP contribution in [0.2, 0.25) is 0 Å². The smallest absolute Gasteiger partial charge is 0.229 e. The molecular formula is C36H36N8OS. The minimum atomic E-state index is -0.0522. The van der Waals surface area contributed by atoms with E-state index < -0.39 is 0 Å². The number of hydrogen-bond donors (Lipinski definition) is 2. The van der Waals surface area contributed by atoms with Crippen molar-refractivity contribution in [3.8, 4) is 22.6 Å². The van der Waals surface area contributed by atoms with E-state index >= 15 is 0 Å². The second-order valence-electron chi connectivity index (χ2n) is 11.9. The summed E-state index contributed by atoms with van der Waals surface area (Å²) in [6.45, 7) is 3.11. The van der Waals surface area contributed by atoms with Gasteiger partial charge in [0.2, 0.25) is 11.9 Å². The van der Waals surface area contributed by atoms with Crippen molar-refractivity contribution in [1.82, 2.24) is 29.2 Å².